The predicted molar refractivity (Wildman–Crippen MR) is 87.0 cm³/mol. The molecule has 0 aliphatic rings. The lowest BCUT2D eigenvalue weighted by Gasteiger charge is -2.08. The van der Waals surface area contributed by atoms with Crippen molar-refractivity contribution in [3.63, 3.8) is 0 Å². The highest BCUT2D eigenvalue weighted by molar-refractivity contribution is 9.10. The number of unbranched alkanes of at least 4 members (excludes halogenated alkanes) is 1. The lowest BCUT2D eigenvalue weighted by molar-refractivity contribution is 0.763. The predicted octanol–water partition coefficient (Wildman–Crippen LogP) is 5.54. The maximum Gasteiger partial charge on any atom is 0.0638 e. The molecule has 0 unspecified atom stereocenters. The van der Waals surface area contributed by atoms with Gasteiger partial charge in [0.25, 0.3) is 0 Å². The molecule has 0 aromatic heterocycles. The van der Waals surface area contributed by atoms with Crippen molar-refractivity contribution in [3.05, 3.63) is 63.6 Å². The van der Waals surface area contributed by atoms with Gasteiger partial charge in [-0.25, -0.2) is 0 Å². The Kier molecular flexibility index (Phi) is 5.74. The number of hydrogen-bond acceptors (Lipinski definition) is 1. The summed E-state index contributed by atoms with van der Waals surface area (Å²) in [5, 5.41) is 4.15. The highest BCUT2D eigenvalue weighted by Crippen LogP contribution is 2.25. The van der Waals surface area contributed by atoms with Gasteiger partial charge in [0.15, 0.2) is 0 Å². The molecule has 0 aliphatic carbocycles. The van der Waals surface area contributed by atoms with Crippen LogP contribution in [0.3, 0.4) is 0 Å². The minimum Gasteiger partial charge on any atom is -0.384 e. The number of benzene rings is 2. The second-order valence-electron chi connectivity index (χ2n) is 4.49. The van der Waals surface area contributed by atoms with E-state index in [1.807, 2.05) is 18.2 Å². The molecule has 0 atom stereocenters. The minimum atomic E-state index is 0.770. The van der Waals surface area contributed by atoms with Gasteiger partial charge in [0.05, 0.1) is 10.7 Å². The van der Waals surface area contributed by atoms with E-state index >= 15 is 0 Å². The summed E-state index contributed by atoms with van der Waals surface area (Å²) < 4.78 is 1.05. The molecule has 0 heterocycles. The van der Waals surface area contributed by atoms with E-state index in [2.05, 4.69) is 51.6 Å². The monoisotopic (exact) mass is 337 g/mol. The fraction of sp³-hybridized carbons (Fsp3) is 0.250. The fourth-order valence-corrected chi connectivity index (χ4v) is 2.50. The number of aryl methyl sites for hydroxylation is 1. The Hall–Kier alpha value is -0.990. The number of rotatable bonds is 6. The van der Waals surface area contributed by atoms with E-state index in [0.717, 1.165) is 34.6 Å². The second kappa shape index (κ2) is 7.56. The number of halogens is 2. The smallest absolute Gasteiger partial charge is 0.0638 e. The quantitative estimate of drug-likeness (QED) is 0.682. The summed E-state index contributed by atoms with van der Waals surface area (Å²) in [6.45, 7) is 0.947. The first-order chi connectivity index (χ1) is 9.25. The Morgan fingerprint density at radius 3 is 2.58 bits per heavy atom. The molecule has 100 valence electrons. The summed E-state index contributed by atoms with van der Waals surface area (Å²) in [6.07, 6.45) is 3.45. The topological polar surface area (TPSA) is 12.0 Å². The van der Waals surface area contributed by atoms with Gasteiger partial charge in [0, 0.05) is 11.0 Å². The highest BCUT2D eigenvalue weighted by atomic mass is 79.9. The molecule has 2 rings (SSSR count). The van der Waals surface area contributed by atoms with Gasteiger partial charge < -0.3 is 5.32 Å². The van der Waals surface area contributed by atoms with Crippen LogP contribution in [0.15, 0.2) is 53.0 Å². The molecule has 0 fully saturated rings. The van der Waals surface area contributed by atoms with Gasteiger partial charge in [0.2, 0.25) is 0 Å². The van der Waals surface area contributed by atoms with Crippen molar-refractivity contribution in [1.29, 1.82) is 0 Å². The van der Waals surface area contributed by atoms with Crippen molar-refractivity contribution in [2.24, 2.45) is 0 Å². The van der Waals surface area contributed by atoms with Crippen LogP contribution < -0.4 is 5.32 Å². The first-order valence-corrected chi connectivity index (χ1v) is 7.65. The van der Waals surface area contributed by atoms with Gasteiger partial charge >= 0.3 is 0 Å². The van der Waals surface area contributed by atoms with Gasteiger partial charge in [-0.15, -0.1) is 0 Å². The summed E-state index contributed by atoms with van der Waals surface area (Å²) >= 11 is 9.57. The van der Waals surface area contributed by atoms with Crippen molar-refractivity contribution in [2.75, 3.05) is 11.9 Å². The largest absolute Gasteiger partial charge is 0.384 e. The van der Waals surface area contributed by atoms with Gasteiger partial charge in [-0.2, -0.15) is 0 Å². The fourth-order valence-electron chi connectivity index (χ4n) is 1.95. The molecule has 0 radical (unpaired) electrons. The minimum absolute atomic E-state index is 0.770. The Bertz CT molecular complexity index is 513. The molecule has 0 amide bonds. The molecule has 1 nitrogen and oxygen atoms in total. The van der Waals surface area contributed by atoms with Crippen LogP contribution in [0.1, 0.15) is 18.4 Å². The summed E-state index contributed by atoms with van der Waals surface area (Å²) in [6, 6.07) is 16.5. The number of nitrogens with one attached hydrogen (secondary N) is 1. The Labute approximate surface area is 128 Å². The van der Waals surface area contributed by atoms with Crippen LogP contribution in [0.25, 0.3) is 0 Å². The van der Waals surface area contributed by atoms with E-state index in [9.17, 15) is 0 Å². The Morgan fingerprint density at radius 1 is 1.00 bits per heavy atom. The number of hydrogen-bond donors (Lipinski definition) is 1. The van der Waals surface area contributed by atoms with Crippen LogP contribution in [-0.4, -0.2) is 6.54 Å². The zero-order valence-electron chi connectivity index (χ0n) is 10.7. The molecule has 1 N–H and O–H groups in total. The molecular formula is C16H17BrClN. The molecule has 3 heteroatoms. The van der Waals surface area contributed by atoms with Crippen LogP contribution in [-0.2, 0) is 6.42 Å². The van der Waals surface area contributed by atoms with E-state index in [1.165, 1.54) is 12.0 Å². The van der Waals surface area contributed by atoms with Crippen molar-refractivity contribution in [3.8, 4) is 0 Å². The Balaban J connectivity index is 1.71. The molecule has 19 heavy (non-hydrogen) atoms. The standard InChI is InChI=1S/C16H17BrClN/c17-14-9-10-15(18)16(12-14)19-11-5-4-8-13-6-2-1-3-7-13/h1-3,6-7,9-10,12,19H,4-5,8,11H2. The molecule has 0 bridgehead atoms. The molecular weight excluding hydrogens is 322 g/mol. The van der Waals surface area contributed by atoms with Crippen LogP contribution >= 0.6 is 27.5 Å². The highest BCUT2D eigenvalue weighted by Gasteiger charge is 2.00. The molecule has 0 saturated carbocycles. The third-order valence-electron chi connectivity index (χ3n) is 2.98. The molecule has 2 aromatic carbocycles. The van der Waals surface area contributed by atoms with Crippen molar-refractivity contribution < 1.29 is 0 Å². The average Bonchev–Trinajstić information content (AvgIpc) is 2.43. The van der Waals surface area contributed by atoms with E-state index in [1.54, 1.807) is 0 Å². The lowest BCUT2D eigenvalue weighted by Crippen LogP contribution is -2.02. The van der Waals surface area contributed by atoms with Gasteiger partial charge in [-0.1, -0.05) is 57.9 Å². The maximum atomic E-state index is 6.12. The van der Waals surface area contributed by atoms with E-state index in [-0.39, 0.29) is 0 Å². The summed E-state index contributed by atoms with van der Waals surface area (Å²) in [7, 11) is 0. The summed E-state index contributed by atoms with van der Waals surface area (Å²) in [5.41, 5.74) is 2.40. The van der Waals surface area contributed by atoms with Gasteiger partial charge in [0.1, 0.15) is 0 Å². The van der Waals surface area contributed by atoms with Crippen LogP contribution in [0.5, 0.6) is 0 Å². The maximum absolute atomic E-state index is 6.12. The van der Waals surface area contributed by atoms with Crippen LogP contribution in [0.4, 0.5) is 5.69 Å². The molecule has 2 aromatic rings. The van der Waals surface area contributed by atoms with E-state index < -0.39 is 0 Å². The van der Waals surface area contributed by atoms with Crippen molar-refractivity contribution in [1.82, 2.24) is 0 Å². The van der Waals surface area contributed by atoms with Gasteiger partial charge in [-0.05, 0) is 43.0 Å². The zero-order valence-corrected chi connectivity index (χ0v) is 13.0. The van der Waals surface area contributed by atoms with E-state index in [0.29, 0.717) is 0 Å². The lowest BCUT2D eigenvalue weighted by atomic mass is 10.1. The van der Waals surface area contributed by atoms with E-state index in [4.69, 9.17) is 11.6 Å². The summed E-state index contributed by atoms with van der Waals surface area (Å²) in [5.74, 6) is 0. The van der Waals surface area contributed by atoms with Crippen LogP contribution in [0.2, 0.25) is 5.02 Å². The first-order valence-electron chi connectivity index (χ1n) is 6.48. The second-order valence-corrected chi connectivity index (χ2v) is 5.82. The normalized spacial score (nSPS) is 10.4. The van der Waals surface area contributed by atoms with Crippen LogP contribution in [0, 0.1) is 0 Å². The third-order valence-corrected chi connectivity index (χ3v) is 3.80. The molecule has 0 aliphatic heterocycles. The first kappa shape index (κ1) is 14.4. The SMILES string of the molecule is Clc1ccc(Br)cc1NCCCCc1ccccc1. The van der Waals surface area contributed by atoms with Gasteiger partial charge in [-0.3, -0.25) is 0 Å². The molecule has 0 saturated heterocycles. The molecule has 0 spiro atoms. The third kappa shape index (κ3) is 4.88. The van der Waals surface area contributed by atoms with Crippen molar-refractivity contribution in [2.45, 2.75) is 19.3 Å². The average molecular weight is 339 g/mol. The summed E-state index contributed by atoms with van der Waals surface area (Å²) in [4.78, 5) is 0. The Morgan fingerprint density at radius 2 is 1.79 bits per heavy atom. The number of anilines is 1. The zero-order chi connectivity index (χ0) is 13.5. The van der Waals surface area contributed by atoms with Crippen molar-refractivity contribution >= 4 is 33.2 Å².